The van der Waals surface area contributed by atoms with Crippen molar-refractivity contribution in [2.24, 2.45) is 5.92 Å². The van der Waals surface area contributed by atoms with Gasteiger partial charge in [0.15, 0.2) is 0 Å². The number of alkyl carbamates (subject to hydrolysis) is 1. The number of carboxylic acids is 1. The Bertz CT molecular complexity index is 1190. The summed E-state index contributed by atoms with van der Waals surface area (Å²) in [7, 11) is 0. The first kappa shape index (κ1) is 24.1. The molecule has 1 aliphatic rings. The van der Waals surface area contributed by atoms with E-state index >= 15 is 0 Å². The summed E-state index contributed by atoms with van der Waals surface area (Å²) in [5.41, 5.74) is 4.49. The zero-order valence-electron chi connectivity index (χ0n) is 19.6. The summed E-state index contributed by atoms with van der Waals surface area (Å²) in [6, 6.07) is 18.1. The molecule has 8 nitrogen and oxygen atoms in total. The Morgan fingerprint density at radius 3 is 2.17 bits per heavy atom. The van der Waals surface area contributed by atoms with Crippen LogP contribution >= 0.6 is 0 Å². The van der Waals surface area contributed by atoms with Crippen LogP contribution in [0.4, 0.5) is 4.79 Å². The molecular formula is C27H28N2O6. The minimum absolute atomic E-state index is 0.00702. The van der Waals surface area contributed by atoms with E-state index in [4.69, 9.17) is 14.3 Å². The van der Waals surface area contributed by atoms with Gasteiger partial charge in [0.2, 0.25) is 11.7 Å². The number of fused-ring (bicyclic) bond motifs is 3. The molecule has 1 aliphatic carbocycles. The molecule has 182 valence electrons. The number of carbonyl (C=O) groups excluding carboxylic acids is 2. The number of furan rings is 1. The van der Waals surface area contributed by atoms with Crippen LogP contribution in [0.1, 0.15) is 53.6 Å². The Morgan fingerprint density at radius 2 is 1.60 bits per heavy atom. The van der Waals surface area contributed by atoms with Gasteiger partial charge in [-0.3, -0.25) is 4.79 Å². The first-order valence-corrected chi connectivity index (χ1v) is 11.5. The van der Waals surface area contributed by atoms with Crippen molar-refractivity contribution in [1.29, 1.82) is 0 Å². The molecule has 4 rings (SSSR count). The molecule has 8 heteroatoms. The molecule has 35 heavy (non-hydrogen) atoms. The summed E-state index contributed by atoms with van der Waals surface area (Å²) in [6.07, 6.45) is -0.256. The molecule has 0 radical (unpaired) electrons. The number of rotatable bonds is 9. The summed E-state index contributed by atoms with van der Waals surface area (Å²) in [4.78, 5) is 36.4. The van der Waals surface area contributed by atoms with Gasteiger partial charge in [0.25, 0.3) is 0 Å². The van der Waals surface area contributed by atoms with E-state index in [0.29, 0.717) is 12.2 Å². The number of carboxylic acid groups (broad SMARTS) is 1. The molecule has 0 saturated heterocycles. The number of amides is 2. The third-order valence-corrected chi connectivity index (χ3v) is 5.97. The molecule has 3 N–H and O–H groups in total. The molecule has 0 bridgehead atoms. The van der Waals surface area contributed by atoms with Crippen LogP contribution in [0.3, 0.4) is 0 Å². The van der Waals surface area contributed by atoms with E-state index in [1.54, 1.807) is 0 Å². The lowest BCUT2D eigenvalue weighted by atomic mass is 9.98. The molecular weight excluding hydrogens is 448 g/mol. The standard InChI is InChI=1S/C27H28N2O6/c1-16(2)13-23(25(30)28-14-17-11-12-24(35-17)26(31)32)29-27(33)34-15-22-20-9-5-3-7-18(20)19-8-4-6-10-21(19)22/h3-12,16,22-23H,13-15H2,1-2H3,(H,28,30)(H,29,33)(H,31,32). The molecule has 0 fully saturated rings. The third kappa shape index (κ3) is 5.54. The number of benzene rings is 2. The molecule has 1 heterocycles. The van der Waals surface area contributed by atoms with Gasteiger partial charge in [-0.25, -0.2) is 9.59 Å². The van der Waals surface area contributed by atoms with Crippen LogP contribution in [0.5, 0.6) is 0 Å². The third-order valence-electron chi connectivity index (χ3n) is 5.97. The number of hydrogen-bond acceptors (Lipinski definition) is 5. The minimum atomic E-state index is -1.18. The molecule has 3 aromatic rings. The Morgan fingerprint density at radius 1 is 0.971 bits per heavy atom. The molecule has 0 spiro atoms. The monoisotopic (exact) mass is 476 g/mol. The van der Waals surface area contributed by atoms with Crippen molar-refractivity contribution in [3.05, 3.63) is 83.3 Å². The van der Waals surface area contributed by atoms with Crippen LogP contribution in [-0.2, 0) is 16.1 Å². The van der Waals surface area contributed by atoms with Crippen molar-refractivity contribution in [2.75, 3.05) is 6.61 Å². The second kappa shape index (κ2) is 10.5. The van der Waals surface area contributed by atoms with Crippen molar-refractivity contribution in [3.63, 3.8) is 0 Å². The molecule has 0 aliphatic heterocycles. The minimum Gasteiger partial charge on any atom is -0.475 e. The fourth-order valence-electron chi connectivity index (χ4n) is 4.37. The second-order valence-corrected chi connectivity index (χ2v) is 8.94. The molecule has 1 aromatic heterocycles. The fraction of sp³-hybridized carbons (Fsp3) is 0.296. The van der Waals surface area contributed by atoms with Gasteiger partial charge in [-0.1, -0.05) is 62.4 Å². The zero-order chi connectivity index (χ0) is 24.9. The van der Waals surface area contributed by atoms with E-state index in [2.05, 4.69) is 22.8 Å². The lowest BCUT2D eigenvalue weighted by molar-refractivity contribution is -0.123. The van der Waals surface area contributed by atoms with E-state index in [1.807, 2.05) is 50.2 Å². The van der Waals surface area contributed by atoms with Crippen LogP contribution in [0.25, 0.3) is 11.1 Å². The summed E-state index contributed by atoms with van der Waals surface area (Å²) < 4.78 is 10.7. The van der Waals surface area contributed by atoms with Gasteiger partial charge in [-0.2, -0.15) is 0 Å². The topological polar surface area (TPSA) is 118 Å². The predicted molar refractivity (Wildman–Crippen MR) is 129 cm³/mol. The van der Waals surface area contributed by atoms with Gasteiger partial charge in [-0.05, 0) is 46.7 Å². The van der Waals surface area contributed by atoms with Crippen LogP contribution < -0.4 is 10.6 Å². The maximum Gasteiger partial charge on any atom is 0.407 e. The van der Waals surface area contributed by atoms with Gasteiger partial charge >= 0.3 is 12.1 Å². The molecule has 2 aromatic carbocycles. The Labute approximate surface area is 203 Å². The Hall–Kier alpha value is -4.07. The van der Waals surface area contributed by atoms with Crippen LogP contribution in [0, 0.1) is 5.92 Å². The first-order chi connectivity index (χ1) is 16.8. The molecule has 1 unspecified atom stereocenters. The summed E-state index contributed by atoms with van der Waals surface area (Å²) >= 11 is 0. The summed E-state index contributed by atoms with van der Waals surface area (Å²) in [6.45, 7) is 4.06. The Kier molecular flexibility index (Phi) is 7.19. The van der Waals surface area contributed by atoms with Gasteiger partial charge < -0.3 is 24.9 Å². The van der Waals surface area contributed by atoms with E-state index in [0.717, 1.165) is 22.3 Å². The first-order valence-electron chi connectivity index (χ1n) is 11.5. The van der Waals surface area contributed by atoms with Crippen molar-refractivity contribution >= 4 is 18.0 Å². The van der Waals surface area contributed by atoms with E-state index in [9.17, 15) is 14.4 Å². The van der Waals surface area contributed by atoms with E-state index < -0.39 is 24.0 Å². The van der Waals surface area contributed by atoms with Crippen LogP contribution in [0.2, 0.25) is 0 Å². The highest BCUT2D eigenvalue weighted by Gasteiger charge is 2.30. The zero-order valence-corrected chi connectivity index (χ0v) is 19.6. The fourth-order valence-corrected chi connectivity index (χ4v) is 4.37. The lowest BCUT2D eigenvalue weighted by Crippen LogP contribution is -2.47. The highest BCUT2D eigenvalue weighted by molar-refractivity contribution is 5.86. The number of ether oxygens (including phenoxy) is 1. The van der Waals surface area contributed by atoms with Crippen molar-refractivity contribution in [3.8, 4) is 11.1 Å². The van der Waals surface area contributed by atoms with Gasteiger partial charge in [0.1, 0.15) is 18.4 Å². The van der Waals surface area contributed by atoms with Gasteiger partial charge in [0, 0.05) is 5.92 Å². The SMILES string of the molecule is CC(C)CC(NC(=O)OCC1c2ccccc2-c2ccccc21)C(=O)NCc1ccc(C(=O)O)o1. The maximum atomic E-state index is 12.8. The maximum absolute atomic E-state index is 12.8. The van der Waals surface area contributed by atoms with Crippen molar-refractivity contribution in [1.82, 2.24) is 10.6 Å². The number of aromatic carboxylic acids is 1. The average molecular weight is 477 g/mol. The average Bonchev–Trinajstić information content (AvgIpc) is 3.44. The highest BCUT2D eigenvalue weighted by atomic mass is 16.5. The van der Waals surface area contributed by atoms with Gasteiger partial charge in [-0.15, -0.1) is 0 Å². The Balaban J connectivity index is 1.37. The highest BCUT2D eigenvalue weighted by Crippen LogP contribution is 2.44. The van der Waals surface area contributed by atoms with E-state index in [1.165, 1.54) is 12.1 Å². The normalized spacial score (nSPS) is 13.1. The number of nitrogens with one attached hydrogen (secondary N) is 2. The molecule has 2 amide bonds. The predicted octanol–water partition coefficient (Wildman–Crippen LogP) is 4.55. The quantitative estimate of drug-likeness (QED) is 0.417. The largest absolute Gasteiger partial charge is 0.475 e. The van der Waals surface area contributed by atoms with E-state index in [-0.39, 0.29) is 30.7 Å². The number of carbonyl (C=O) groups is 3. The smallest absolute Gasteiger partial charge is 0.407 e. The van der Waals surface area contributed by atoms with Crippen LogP contribution in [-0.4, -0.2) is 35.7 Å². The molecule has 0 saturated carbocycles. The van der Waals surface area contributed by atoms with Crippen molar-refractivity contribution < 1.29 is 28.6 Å². The summed E-state index contributed by atoms with van der Waals surface area (Å²) in [5.74, 6) is -1.42. The number of hydrogen-bond donors (Lipinski definition) is 3. The lowest BCUT2D eigenvalue weighted by Gasteiger charge is -2.21. The molecule has 1 atom stereocenters. The van der Waals surface area contributed by atoms with Gasteiger partial charge in [0.05, 0.1) is 6.54 Å². The van der Waals surface area contributed by atoms with Crippen molar-refractivity contribution in [2.45, 2.75) is 38.8 Å². The summed E-state index contributed by atoms with van der Waals surface area (Å²) in [5, 5.41) is 14.3. The second-order valence-electron chi connectivity index (χ2n) is 8.94. The van der Waals surface area contributed by atoms with Crippen LogP contribution in [0.15, 0.2) is 65.1 Å².